The second kappa shape index (κ2) is 7.99. The molecule has 1 saturated heterocycles. The Hall–Kier alpha value is -0.610. The smallest absolute Gasteiger partial charge is 0.224 e. The van der Waals surface area contributed by atoms with E-state index in [0.717, 1.165) is 25.3 Å². The fourth-order valence-corrected chi connectivity index (χ4v) is 2.92. The van der Waals surface area contributed by atoms with Gasteiger partial charge in [-0.25, -0.2) is 0 Å². The SMILES string of the molecule is CN1CCC(CCNC(=O)C(CN)CC(C)(C)C)CC1. The normalized spacial score (nSPS) is 19.9. The Balaban J connectivity index is 2.24. The van der Waals surface area contributed by atoms with Gasteiger partial charge >= 0.3 is 0 Å². The van der Waals surface area contributed by atoms with Crippen molar-refractivity contribution in [2.45, 2.75) is 46.5 Å². The van der Waals surface area contributed by atoms with Crippen LogP contribution < -0.4 is 11.1 Å². The first-order valence-electron chi connectivity index (χ1n) is 7.98. The zero-order valence-electron chi connectivity index (χ0n) is 13.7. The minimum absolute atomic E-state index is 0.0486. The number of nitrogens with zero attached hydrogens (tertiary/aromatic N) is 1. The predicted molar refractivity (Wildman–Crippen MR) is 84.5 cm³/mol. The van der Waals surface area contributed by atoms with Crippen molar-refractivity contribution in [2.24, 2.45) is 23.0 Å². The highest BCUT2D eigenvalue weighted by molar-refractivity contribution is 5.78. The third kappa shape index (κ3) is 6.71. The second-order valence-electron chi connectivity index (χ2n) is 7.52. The molecule has 1 heterocycles. The molecule has 1 unspecified atom stereocenters. The number of piperidine rings is 1. The average Bonchev–Trinajstić information content (AvgIpc) is 2.37. The predicted octanol–water partition coefficient (Wildman–Crippen LogP) is 1.85. The van der Waals surface area contributed by atoms with Crippen LogP contribution in [0.2, 0.25) is 0 Å². The van der Waals surface area contributed by atoms with Gasteiger partial charge in [0.15, 0.2) is 0 Å². The highest BCUT2D eigenvalue weighted by Crippen LogP contribution is 2.24. The van der Waals surface area contributed by atoms with Gasteiger partial charge in [0.25, 0.3) is 0 Å². The van der Waals surface area contributed by atoms with E-state index >= 15 is 0 Å². The summed E-state index contributed by atoms with van der Waals surface area (Å²) < 4.78 is 0. The van der Waals surface area contributed by atoms with E-state index in [2.05, 4.69) is 38.0 Å². The molecule has 0 radical (unpaired) electrons. The van der Waals surface area contributed by atoms with Crippen molar-refractivity contribution in [1.29, 1.82) is 0 Å². The quantitative estimate of drug-likeness (QED) is 0.782. The maximum Gasteiger partial charge on any atom is 0.224 e. The lowest BCUT2D eigenvalue weighted by atomic mass is 9.84. The molecule has 0 saturated carbocycles. The maximum atomic E-state index is 12.1. The Labute approximate surface area is 124 Å². The topological polar surface area (TPSA) is 58.4 Å². The molecule has 1 rings (SSSR count). The number of rotatable bonds is 6. The van der Waals surface area contributed by atoms with Gasteiger partial charge in [-0.15, -0.1) is 0 Å². The second-order valence-corrected chi connectivity index (χ2v) is 7.52. The zero-order valence-corrected chi connectivity index (χ0v) is 13.7. The molecule has 20 heavy (non-hydrogen) atoms. The summed E-state index contributed by atoms with van der Waals surface area (Å²) in [6.45, 7) is 10.1. The Bertz CT molecular complexity index is 291. The van der Waals surface area contributed by atoms with Gasteiger partial charge in [0, 0.05) is 13.1 Å². The van der Waals surface area contributed by atoms with Crippen molar-refractivity contribution in [3.63, 3.8) is 0 Å². The summed E-state index contributed by atoms with van der Waals surface area (Å²) in [5, 5.41) is 3.08. The number of carbonyl (C=O) groups excluding carboxylic acids is 1. The molecule has 4 nitrogen and oxygen atoms in total. The number of nitrogens with one attached hydrogen (secondary N) is 1. The van der Waals surface area contributed by atoms with E-state index in [0.29, 0.717) is 6.54 Å². The van der Waals surface area contributed by atoms with Crippen LogP contribution in [0.4, 0.5) is 0 Å². The van der Waals surface area contributed by atoms with E-state index in [1.54, 1.807) is 0 Å². The van der Waals surface area contributed by atoms with E-state index in [-0.39, 0.29) is 17.2 Å². The van der Waals surface area contributed by atoms with Crippen LogP contribution in [-0.4, -0.2) is 44.0 Å². The van der Waals surface area contributed by atoms with Crippen LogP contribution in [0.5, 0.6) is 0 Å². The van der Waals surface area contributed by atoms with Gasteiger partial charge in [-0.2, -0.15) is 0 Å². The molecule has 0 aromatic carbocycles. The molecule has 0 aromatic heterocycles. The molecule has 1 fully saturated rings. The number of hydrogen-bond donors (Lipinski definition) is 2. The summed E-state index contributed by atoms with van der Waals surface area (Å²) in [7, 11) is 2.18. The molecule has 1 amide bonds. The van der Waals surface area contributed by atoms with E-state index < -0.39 is 0 Å². The lowest BCUT2D eigenvalue weighted by Crippen LogP contribution is -2.38. The Morgan fingerprint density at radius 1 is 1.35 bits per heavy atom. The molecular formula is C16H33N3O. The number of hydrogen-bond acceptors (Lipinski definition) is 3. The third-order valence-corrected chi connectivity index (χ3v) is 4.20. The van der Waals surface area contributed by atoms with E-state index in [9.17, 15) is 4.79 Å². The molecule has 0 aromatic rings. The lowest BCUT2D eigenvalue weighted by Gasteiger charge is -2.29. The fraction of sp³-hybridized carbons (Fsp3) is 0.938. The summed E-state index contributed by atoms with van der Waals surface area (Å²) in [5.74, 6) is 0.855. The summed E-state index contributed by atoms with van der Waals surface area (Å²) >= 11 is 0. The molecule has 1 aliphatic rings. The van der Waals surface area contributed by atoms with Gasteiger partial charge in [-0.3, -0.25) is 4.79 Å². The molecule has 1 atom stereocenters. The first kappa shape index (κ1) is 17.4. The largest absolute Gasteiger partial charge is 0.356 e. The minimum atomic E-state index is -0.0486. The molecular weight excluding hydrogens is 250 g/mol. The van der Waals surface area contributed by atoms with E-state index in [1.807, 2.05) is 0 Å². The maximum absolute atomic E-state index is 12.1. The standard InChI is InChI=1S/C16H33N3O/c1-16(2,3)11-14(12-17)15(20)18-8-5-13-6-9-19(4)10-7-13/h13-14H,5-12,17H2,1-4H3,(H,18,20). The highest BCUT2D eigenvalue weighted by atomic mass is 16.1. The van der Waals surface area contributed by atoms with Gasteiger partial charge in [0.05, 0.1) is 5.92 Å². The van der Waals surface area contributed by atoms with Crippen molar-refractivity contribution in [2.75, 3.05) is 33.2 Å². The van der Waals surface area contributed by atoms with E-state index in [4.69, 9.17) is 5.73 Å². The first-order valence-corrected chi connectivity index (χ1v) is 7.98. The number of carbonyl (C=O) groups is 1. The molecule has 4 heteroatoms. The summed E-state index contributed by atoms with van der Waals surface area (Å²) in [6, 6.07) is 0. The van der Waals surface area contributed by atoms with Crippen LogP contribution in [0.1, 0.15) is 46.5 Å². The fourth-order valence-electron chi connectivity index (χ4n) is 2.92. The van der Waals surface area contributed by atoms with Crippen LogP contribution in [0.25, 0.3) is 0 Å². The number of amides is 1. The van der Waals surface area contributed by atoms with Crippen molar-refractivity contribution in [3.05, 3.63) is 0 Å². The van der Waals surface area contributed by atoms with Crippen molar-refractivity contribution in [1.82, 2.24) is 10.2 Å². The van der Waals surface area contributed by atoms with Gasteiger partial charge in [-0.1, -0.05) is 20.8 Å². The van der Waals surface area contributed by atoms with E-state index in [1.165, 1.54) is 25.9 Å². The molecule has 118 valence electrons. The summed E-state index contributed by atoms with van der Waals surface area (Å²) in [6.07, 6.45) is 4.47. The molecule has 1 aliphatic heterocycles. The molecule has 0 bridgehead atoms. The number of nitrogens with two attached hydrogens (primary N) is 1. The van der Waals surface area contributed by atoms with Crippen LogP contribution in [0.15, 0.2) is 0 Å². The van der Waals surface area contributed by atoms with Crippen molar-refractivity contribution in [3.8, 4) is 0 Å². The Morgan fingerprint density at radius 3 is 2.45 bits per heavy atom. The summed E-state index contributed by atoms with van der Waals surface area (Å²) in [4.78, 5) is 14.5. The van der Waals surface area contributed by atoms with Crippen LogP contribution in [-0.2, 0) is 4.79 Å². The molecule has 3 N–H and O–H groups in total. The lowest BCUT2D eigenvalue weighted by molar-refractivity contribution is -0.125. The molecule has 0 aliphatic carbocycles. The Morgan fingerprint density at radius 2 is 1.95 bits per heavy atom. The third-order valence-electron chi connectivity index (χ3n) is 4.20. The van der Waals surface area contributed by atoms with Crippen LogP contribution in [0, 0.1) is 17.3 Å². The van der Waals surface area contributed by atoms with Gasteiger partial charge in [0.2, 0.25) is 5.91 Å². The van der Waals surface area contributed by atoms with Crippen molar-refractivity contribution >= 4 is 5.91 Å². The number of likely N-dealkylation sites (tertiary alicyclic amines) is 1. The van der Waals surface area contributed by atoms with Gasteiger partial charge in [-0.05, 0) is 57.2 Å². The monoisotopic (exact) mass is 283 g/mol. The van der Waals surface area contributed by atoms with Crippen LogP contribution >= 0.6 is 0 Å². The minimum Gasteiger partial charge on any atom is -0.356 e. The van der Waals surface area contributed by atoms with Gasteiger partial charge in [0.1, 0.15) is 0 Å². The van der Waals surface area contributed by atoms with Gasteiger partial charge < -0.3 is 16.0 Å². The zero-order chi connectivity index (χ0) is 15.2. The Kier molecular flexibility index (Phi) is 6.96. The molecule has 0 spiro atoms. The first-order chi connectivity index (χ1) is 9.31. The van der Waals surface area contributed by atoms with Crippen LogP contribution in [0.3, 0.4) is 0 Å². The average molecular weight is 283 g/mol. The van der Waals surface area contributed by atoms with Crippen molar-refractivity contribution < 1.29 is 4.79 Å². The summed E-state index contributed by atoms with van der Waals surface area (Å²) in [5.41, 5.74) is 5.89. The highest BCUT2D eigenvalue weighted by Gasteiger charge is 2.24.